The van der Waals surface area contributed by atoms with Gasteiger partial charge in [-0.3, -0.25) is 9.59 Å². The van der Waals surface area contributed by atoms with E-state index in [1.165, 1.54) is 66.1 Å². The second-order valence-corrected chi connectivity index (χ2v) is 22.1. The van der Waals surface area contributed by atoms with Crippen LogP contribution in [0.2, 0.25) is 10.0 Å². The van der Waals surface area contributed by atoms with Gasteiger partial charge in [-0.15, -0.1) is 11.6 Å². The van der Waals surface area contributed by atoms with Gasteiger partial charge in [0.1, 0.15) is 17.1 Å². The predicted molar refractivity (Wildman–Crippen MR) is 263 cm³/mol. The highest BCUT2D eigenvalue weighted by Gasteiger charge is 2.54. The van der Waals surface area contributed by atoms with Crippen molar-refractivity contribution in [3.63, 3.8) is 0 Å². The minimum Gasteiger partial charge on any atom is -0.444 e. The second kappa shape index (κ2) is 24.3. The Morgan fingerprint density at radius 3 is 1.34 bits per heavy atom. The molecule has 0 spiro atoms. The summed E-state index contributed by atoms with van der Waals surface area (Å²) < 4.78 is 10.8. The van der Waals surface area contributed by atoms with E-state index in [0.29, 0.717) is 35.0 Å². The van der Waals surface area contributed by atoms with Gasteiger partial charge in [0.25, 0.3) is 0 Å². The summed E-state index contributed by atoms with van der Waals surface area (Å²) in [4.78, 5) is 56.4. The van der Waals surface area contributed by atoms with Crippen LogP contribution in [0.3, 0.4) is 0 Å². The summed E-state index contributed by atoms with van der Waals surface area (Å²) >= 11 is 17.7. The fourth-order valence-corrected chi connectivity index (χ4v) is 9.02. The molecule has 2 N–H and O–H groups in total. The van der Waals surface area contributed by atoms with Crippen LogP contribution < -0.4 is 5.73 Å². The predicted octanol–water partition coefficient (Wildman–Crippen LogP) is 10.7. The third-order valence-corrected chi connectivity index (χ3v) is 13.5. The van der Waals surface area contributed by atoms with E-state index < -0.39 is 34.5 Å². The van der Waals surface area contributed by atoms with Crippen molar-refractivity contribution in [2.75, 3.05) is 32.1 Å². The fraction of sp³-hybridized carbons (Fsp3) is 0.647. The molecule has 6 rings (SSSR count). The Bertz CT molecular complexity index is 2020. The molecule has 2 saturated heterocycles. The van der Waals surface area contributed by atoms with Gasteiger partial charge in [-0.2, -0.15) is 10.5 Å². The standard InChI is InChI=1S/C26H36ClN3O3.C18H21Cl2N3O3.C7H15N/c1-19-5-7-20(8-6-19)11-14-23(31)30(15-21-9-12-22(27)13-10-21)26(16-28)17-29(18-26)24(32)33-25(2,3)4;1-17(2,3)26-16(25)22-11-18(10-21,12-22)23(15(24)8-19)9-13-4-6-14(20)7-5-13;1-6-2-4-7(8)5-3-6/h9-10,12-13,19-20H,5-8,11,14-15,17-18H2,1-4H3;4-7H,8-9,11-12H2,1-3H3;6-7H,2-5,8H2,1H3. The molecule has 67 heavy (non-hydrogen) atoms. The molecule has 0 atom stereocenters. The van der Waals surface area contributed by atoms with Crippen molar-refractivity contribution >= 4 is 58.8 Å². The number of carbonyl (C=O) groups is 4. The summed E-state index contributed by atoms with van der Waals surface area (Å²) in [5.41, 5.74) is 4.01. The third-order valence-electron chi connectivity index (χ3n) is 12.7. The molecule has 368 valence electrons. The van der Waals surface area contributed by atoms with Gasteiger partial charge in [0.15, 0.2) is 11.1 Å². The molecule has 2 aromatic rings. The maximum Gasteiger partial charge on any atom is 0.410 e. The van der Waals surface area contributed by atoms with Gasteiger partial charge in [-0.05, 0) is 127 Å². The van der Waals surface area contributed by atoms with Crippen molar-refractivity contribution in [3.8, 4) is 12.1 Å². The van der Waals surface area contributed by atoms with Crippen molar-refractivity contribution in [2.45, 2.75) is 161 Å². The molecule has 0 bridgehead atoms. The fourth-order valence-electron chi connectivity index (χ4n) is 8.62. The summed E-state index contributed by atoms with van der Waals surface area (Å²) in [6.45, 7) is 16.3. The maximum absolute atomic E-state index is 13.4. The first-order valence-electron chi connectivity index (χ1n) is 23.6. The third kappa shape index (κ3) is 16.7. The molecule has 0 unspecified atom stereocenters. The Morgan fingerprint density at radius 2 is 1.01 bits per heavy atom. The topological polar surface area (TPSA) is 173 Å². The van der Waals surface area contributed by atoms with E-state index in [9.17, 15) is 29.7 Å². The number of alkyl halides is 1. The number of benzene rings is 2. The van der Waals surface area contributed by atoms with E-state index in [2.05, 4.69) is 26.0 Å². The first-order valence-corrected chi connectivity index (χ1v) is 24.9. The SMILES string of the molecule is CC(C)(C)OC(=O)N1CC(C#N)(N(Cc2ccc(Cl)cc2)C(=O)CCl)C1.CC1CCC(CCC(=O)N(Cc2ccc(Cl)cc2)C2(C#N)CN(C(=O)OC(C)(C)C)C2)CC1.CC1CCC(N)CC1. The smallest absolute Gasteiger partial charge is 0.410 e. The van der Waals surface area contributed by atoms with Gasteiger partial charge in [0.05, 0.1) is 38.3 Å². The molecule has 0 aromatic heterocycles. The van der Waals surface area contributed by atoms with E-state index in [1.807, 2.05) is 32.9 Å². The number of likely N-dealkylation sites (tertiary alicyclic amines) is 2. The Labute approximate surface area is 414 Å². The molecule has 0 radical (unpaired) electrons. The van der Waals surface area contributed by atoms with Crippen LogP contribution in [0.1, 0.15) is 131 Å². The lowest BCUT2D eigenvalue weighted by Crippen LogP contribution is -2.71. The summed E-state index contributed by atoms with van der Waals surface area (Å²) in [6.07, 6.45) is 10.3. The molecule has 2 aromatic carbocycles. The van der Waals surface area contributed by atoms with Crippen LogP contribution in [0.5, 0.6) is 0 Å². The average molecular weight is 986 g/mol. The molecular formula is C51H72Cl3N7O6. The van der Waals surface area contributed by atoms with E-state index >= 15 is 0 Å². The highest BCUT2D eigenvalue weighted by molar-refractivity contribution is 6.30. The molecule has 13 nitrogen and oxygen atoms in total. The number of nitrogens with zero attached hydrogens (tertiary/aromatic N) is 6. The second-order valence-electron chi connectivity index (χ2n) is 21.0. The number of nitriles is 2. The number of ether oxygens (including phenoxy) is 2. The number of halogens is 3. The number of rotatable bonds is 10. The highest BCUT2D eigenvalue weighted by Crippen LogP contribution is 2.35. The number of hydrogen-bond donors (Lipinski definition) is 1. The number of hydrogen-bond acceptors (Lipinski definition) is 9. The van der Waals surface area contributed by atoms with Gasteiger partial charge in [0, 0.05) is 35.6 Å². The molecule has 2 heterocycles. The summed E-state index contributed by atoms with van der Waals surface area (Å²) in [5.74, 6) is 1.63. The zero-order chi connectivity index (χ0) is 49.7. The molecule has 2 saturated carbocycles. The van der Waals surface area contributed by atoms with E-state index in [1.54, 1.807) is 62.1 Å². The van der Waals surface area contributed by atoms with Crippen molar-refractivity contribution in [1.82, 2.24) is 19.6 Å². The van der Waals surface area contributed by atoms with E-state index in [4.69, 9.17) is 50.0 Å². The largest absolute Gasteiger partial charge is 0.444 e. The quantitative estimate of drug-likeness (QED) is 0.227. The molecule has 4 aliphatic rings. The number of amides is 4. The average Bonchev–Trinajstić information content (AvgIpc) is 3.23. The lowest BCUT2D eigenvalue weighted by molar-refractivity contribution is -0.143. The Hall–Kier alpha value is -4.27. The van der Waals surface area contributed by atoms with Crippen LogP contribution in [0.4, 0.5) is 9.59 Å². The normalized spacial score (nSPS) is 21.7. The van der Waals surface area contributed by atoms with Gasteiger partial charge in [-0.25, -0.2) is 9.59 Å². The Balaban J connectivity index is 0.000000255. The number of nitrogens with two attached hydrogens (primary N) is 1. The Kier molecular flexibility index (Phi) is 20.1. The molecule has 16 heteroatoms. The van der Waals surface area contributed by atoms with Crippen LogP contribution in [0.15, 0.2) is 48.5 Å². The summed E-state index contributed by atoms with van der Waals surface area (Å²) in [5, 5.41) is 21.0. The van der Waals surface area contributed by atoms with Crippen LogP contribution in [0.25, 0.3) is 0 Å². The zero-order valence-electron chi connectivity index (χ0n) is 40.8. The van der Waals surface area contributed by atoms with Crippen LogP contribution in [-0.4, -0.2) is 104 Å². The first kappa shape index (κ1) is 55.3. The number of carbonyl (C=O) groups excluding carboxylic acids is 4. The van der Waals surface area contributed by atoms with Crippen molar-refractivity contribution < 1.29 is 28.7 Å². The summed E-state index contributed by atoms with van der Waals surface area (Å²) in [7, 11) is 0. The molecule has 2 aliphatic heterocycles. The lowest BCUT2D eigenvalue weighted by Gasteiger charge is -2.51. The maximum atomic E-state index is 13.4. The summed E-state index contributed by atoms with van der Waals surface area (Å²) in [6, 6.07) is 19.4. The first-order chi connectivity index (χ1) is 31.4. The molecule has 4 amide bonds. The highest BCUT2D eigenvalue weighted by atomic mass is 35.5. The molecule has 2 aliphatic carbocycles. The zero-order valence-corrected chi connectivity index (χ0v) is 43.1. The van der Waals surface area contributed by atoms with E-state index in [-0.39, 0.29) is 50.4 Å². The van der Waals surface area contributed by atoms with E-state index in [0.717, 1.165) is 29.4 Å². The lowest BCUT2D eigenvalue weighted by atomic mass is 9.80. The van der Waals surface area contributed by atoms with Gasteiger partial charge >= 0.3 is 12.2 Å². The molecular weight excluding hydrogens is 913 g/mol. The van der Waals surface area contributed by atoms with Gasteiger partial charge in [0.2, 0.25) is 11.8 Å². The minimum absolute atomic E-state index is 0.0334. The van der Waals surface area contributed by atoms with Crippen molar-refractivity contribution in [1.29, 1.82) is 10.5 Å². The van der Waals surface area contributed by atoms with Crippen molar-refractivity contribution in [2.24, 2.45) is 23.5 Å². The monoisotopic (exact) mass is 983 g/mol. The van der Waals surface area contributed by atoms with Gasteiger partial charge < -0.3 is 34.8 Å². The van der Waals surface area contributed by atoms with Crippen LogP contribution in [0, 0.1) is 40.4 Å². The van der Waals surface area contributed by atoms with Crippen LogP contribution >= 0.6 is 34.8 Å². The van der Waals surface area contributed by atoms with Crippen molar-refractivity contribution in [3.05, 3.63) is 69.7 Å². The Morgan fingerprint density at radius 1 is 0.657 bits per heavy atom. The minimum atomic E-state index is -1.12. The molecule has 4 fully saturated rings. The van der Waals surface area contributed by atoms with Crippen LogP contribution in [-0.2, 0) is 32.2 Å². The van der Waals surface area contributed by atoms with Gasteiger partial charge in [-0.1, -0.05) is 87.0 Å².